The molecule has 100 valence electrons. The zero-order valence-electron chi connectivity index (χ0n) is 10.6. The van der Waals surface area contributed by atoms with Crippen LogP contribution in [0.4, 0.5) is 8.78 Å². The molecule has 1 fully saturated rings. The van der Waals surface area contributed by atoms with Gasteiger partial charge in [-0.3, -0.25) is 4.90 Å². The molecule has 1 N–H and O–H groups in total. The molecule has 0 radical (unpaired) electrons. The van der Waals surface area contributed by atoms with Crippen LogP contribution in [-0.4, -0.2) is 29.2 Å². The Kier molecular flexibility index (Phi) is 4.30. The Bertz CT molecular complexity index is 411. The summed E-state index contributed by atoms with van der Waals surface area (Å²) in [6.45, 7) is 3.92. The van der Waals surface area contributed by atoms with Crippen LogP contribution in [0.15, 0.2) is 18.2 Å². The molecule has 0 amide bonds. The summed E-state index contributed by atoms with van der Waals surface area (Å²) in [5.74, 6) is -0.540. The largest absolute Gasteiger partial charge is 0.393 e. The first-order valence-electron chi connectivity index (χ1n) is 6.44. The molecule has 2 rings (SSSR count). The van der Waals surface area contributed by atoms with Crippen molar-refractivity contribution >= 4 is 0 Å². The lowest BCUT2D eigenvalue weighted by Crippen LogP contribution is -2.42. The molecule has 0 saturated carbocycles. The number of hydrogen-bond donors (Lipinski definition) is 1. The Morgan fingerprint density at radius 2 is 2.17 bits per heavy atom. The van der Waals surface area contributed by atoms with Crippen molar-refractivity contribution in [2.75, 3.05) is 13.1 Å². The molecule has 0 bridgehead atoms. The maximum atomic E-state index is 13.5. The standard InChI is InChI=1S/C14H19F2NO/c1-2-10-8-17(6-5-14(10)18)9-11-7-12(15)3-4-13(11)16/h3-4,7,10,14,18H,2,5-6,8-9H2,1H3. The Morgan fingerprint density at radius 1 is 1.39 bits per heavy atom. The second kappa shape index (κ2) is 5.76. The Hall–Kier alpha value is -1.00. The summed E-state index contributed by atoms with van der Waals surface area (Å²) in [5, 5.41) is 9.79. The third kappa shape index (κ3) is 3.06. The first-order chi connectivity index (χ1) is 8.60. The van der Waals surface area contributed by atoms with Gasteiger partial charge in [0.1, 0.15) is 11.6 Å². The number of likely N-dealkylation sites (tertiary alicyclic amines) is 1. The van der Waals surface area contributed by atoms with Crippen LogP contribution in [-0.2, 0) is 6.54 Å². The smallest absolute Gasteiger partial charge is 0.127 e. The van der Waals surface area contributed by atoms with Gasteiger partial charge in [-0.1, -0.05) is 6.92 Å². The fourth-order valence-electron chi connectivity index (χ4n) is 2.55. The van der Waals surface area contributed by atoms with Crippen molar-refractivity contribution in [1.29, 1.82) is 0 Å². The van der Waals surface area contributed by atoms with E-state index in [4.69, 9.17) is 0 Å². The number of nitrogens with zero attached hydrogens (tertiary/aromatic N) is 1. The number of hydrogen-bond acceptors (Lipinski definition) is 2. The second-order valence-electron chi connectivity index (χ2n) is 5.00. The van der Waals surface area contributed by atoms with Crippen LogP contribution >= 0.6 is 0 Å². The summed E-state index contributed by atoms with van der Waals surface area (Å²) >= 11 is 0. The molecule has 0 spiro atoms. The van der Waals surface area contributed by atoms with Gasteiger partial charge >= 0.3 is 0 Å². The van der Waals surface area contributed by atoms with Gasteiger partial charge in [0.05, 0.1) is 6.10 Å². The lowest BCUT2D eigenvalue weighted by Gasteiger charge is -2.35. The maximum absolute atomic E-state index is 13.5. The molecule has 4 heteroatoms. The molecule has 1 aliphatic rings. The quantitative estimate of drug-likeness (QED) is 0.897. The molecule has 1 aromatic rings. The molecular weight excluding hydrogens is 236 g/mol. The fourth-order valence-corrected chi connectivity index (χ4v) is 2.55. The molecule has 1 heterocycles. The topological polar surface area (TPSA) is 23.5 Å². The molecule has 1 aliphatic heterocycles. The van der Waals surface area contributed by atoms with Gasteiger partial charge in [0.25, 0.3) is 0 Å². The minimum atomic E-state index is -0.407. The van der Waals surface area contributed by atoms with Gasteiger partial charge in [-0.15, -0.1) is 0 Å². The molecule has 0 aromatic heterocycles. The van der Waals surface area contributed by atoms with E-state index >= 15 is 0 Å². The van der Waals surface area contributed by atoms with E-state index < -0.39 is 5.82 Å². The summed E-state index contributed by atoms with van der Waals surface area (Å²) in [5.41, 5.74) is 0.390. The van der Waals surface area contributed by atoms with Gasteiger partial charge in [0.15, 0.2) is 0 Å². The van der Waals surface area contributed by atoms with Crippen molar-refractivity contribution in [3.8, 4) is 0 Å². The summed E-state index contributed by atoms with van der Waals surface area (Å²) in [4.78, 5) is 2.08. The molecule has 2 nitrogen and oxygen atoms in total. The molecule has 2 unspecified atom stereocenters. The molecular formula is C14H19F2NO. The van der Waals surface area contributed by atoms with E-state index in [-0.39, 0.29) is 17.8 Å². The van der Waals surface area contributed by atoms with Gasteiger partial charge in [0.2, 0.25) is 0 Å². The van der Waals surface area contributed by atoms with E-state index in [2.05, 4.69) is 4.90 Å². The highest BCUT2D eigenvalue weighted by Crippen LogP contribution is 2.22. The van der Waals surface area contributed by atoms with Crippen LogP contribution in [0.5, 0.6) is 0 Å². The van der Waals surface area contributed by atoms with E-state index in [9.17, 15) is 13.9 Å². The SMILES string of the molecule is CCC1CN(Cc2cc(F)ccc2F)CCC1O. The van der Waals surface area contributed by atoms with Crippen molar-refractivity contribution < 1.29 is 13.9 Å². The minimum Gasteiger partial charge on any atom is -0.393 e. The number of halogens is 2. The van der Waals surface area contributed by atoms with Gasteiger partial charge in [0, 0.05) is 25.2 Å². The third-order valence-corrected chi connectivity index (χ3v) is 3.70. The Labute approximate surface area is 106 Å². The number of rotatable bonds is 3. The van der Waals surface area contributed by atoms with Crippen molar-refractivity contribution in [3.05, 3.63) is 35.4 Å². The van der Waals surface area contributed by atoms with E-state index in [1.807, 2.05) is 6.92 Å². The number of aliphatic hydroxyl groups excluding tert-OH is 1. The van der Waals surface area contributed by atoms with Crippen LogP contribution < -0.4 is 0 Å². The number of benzene rings is 1. The molecule has 0 aliphatic carbocycles. The van der Waals surface area contributed by atoms with Crippen molar-refractivity contribution in [1.82, 2.24) is 4.90 Å². The normalized spacial score (nSPS) is 25.3. The van der Waals surface area contributed by atoms with Gasteiger partial charge in [-0.2, -0.15) is 0 Å². The molecule has 18 heavy (non-hydrogen) atoms. The second-order valence-corrected chi connectivity index (χ2v) is 5.00. The average molecular weight is 255 g/mol. The zero-order valence-corrected chi connectivity index (χ0v) is 10.6. The molecule has 1 aromatic carbocycles. The van der Waals surface area contributed by atoms with E-state index in [1.165, 1.54) is 12.1 Å². The van der Waals surface area contributed by atoms with Gasteiger partial charge in [-0.25, -0.2) is 8.78 Å². The average Bonchev–Trinajstić information content (AvgIpc) is 2.36. The number of aliphatic hydroxyl groups is 1. The van der Waals surface area contributed by atoms with Crippen molar-refractivity contribution in [2.24, 2.45) is 5.92 Å². The lowest BCUT2D eigenvalue weighted by atomic mass is 9.92. The Morgan fingerprint density at radius 3 is 2.89 bits per heavy atom. The van der Waals surface area contributed by atoms with E-state index in [0.29, 0.717) is 18.5 Å². The van der Waals surface area contributed by atoms with Gasteiger partial charge in [-0.05, 0) is 37.0 Å². The maximum Gasteiger partial charge on any atom is 0.127 e. The fraction of sp³-hybridized carbons (Fsp3) is 0.571. The summed E-state index contributed by atoms with van der Waals surface area (Å²) in [6.07, 6.45) is 1.35. The van der Waals surface area contributed by atoms with E-state index in [1.54, 1.807) is 0 Å². The summed E-state index contributed by atoms with van der Waals surface area (Å²) in [7, 11) is 0. The summed E-state index contributed by atoms with van der Waals surface area (Å²) in [6, 6.07) is 3.55. The van der Waals surface area contributed by atoms with Crippen LogP contribution in [0.3, 0.4) is 0 Å². The highest BCUT2D eigenvalue weighted by molar-refractivity contribution is 5.18. The van der Waals surface area contributed by atoms with E-state index in [0.717, 1.165) is 25.6 Å². The van der Waals surface area contributed by atoms with Crippen LogP contribution in [0.2, 0.25) is 0 Å². The Balaban J connectivity index is 2.03. The van der Waals surface area contributed by atoms with Crippen molar-refractivity contribution in [3.63, 3.8) is 0 Å². The number of piperidine rings is 1. The van der Waals surface area contributed by atoms with Crippen LogP contribution in [0.1, 0.15) is 25.3 Å². The predicted octanol–water partition coefficient (Wildman–Crippen LogP) is 2.56. The molecule has 2 atom stereocenters. The highest BCUT2D eigenvalue weighted by Gasteiger charge is 2.26. The van der Waals surface area contributed by atoms with Gasteiger partial charge < -0.3 is 5.11 Å². The van der Waals surface area contributed by atoms with Crippen LogP contribution in [0, 0.1) is 17.6 Å². The third-order valence-electron chi connectivity index (χ3n) is 3.70. The summed E-state index contributed by atoms with van der Waals surface area (Å²) < 4.78 is 26.6. The first-order valence-corrected chi connectivity index (χ1v) is 6.44. The molecule has 1 saturated heterocycles. The monoisotopic (exact) mass is 255 g/mol. The first kappa shape index (κ1) is 13.4. The van der Waals surface area contributed by atoms with Crippen molar-refractivity contribution in [2.45, 2.75) is 32.4 Å². The zero-order chi connectivity index (χ0) is 13.1. The van der Waals surface area contributed by atoms with Crippen LogP contribution in [0.25, 0.3) is 0 Å². The lowest BCUT2D eigenvalue weighted by molar-refractivity contribution is 0.0218. The predicted molar refractivity (Wildman–Crippen MR) is 66.0 cm³/mol. The highest BCUT2D eigenvalue weighted by atomic mass is 19.1. The minimum absolute atomic E-state index is 0.232.